The molecule has 0 unspecified atom stereocenters. The van der Waals surface area contributed by atoms with Gasteiger partial charge in [-0.2, -0.15) is 4.98 Å². The minimum atomic E-state index is -0.615. The molecule has 2 rings (SSSR count). The molecule has 10 nitrogen and oxygen atoms in total. The first-order valence-electron chi connectivity index (χ1n) is 9.84. The summed E-state index contributed by atoms with van der Waals surface area (Å²) in [6, 6.07) is -0.914. The number of aromatic nitrogens is 2. The van der Waals surface area contributed by atoms with Crippen molar-refractivity contribution in [2.75, 3.05) is 13.2 Å². The predicted molar refractivity (Wildman–Crippen MR) is 102 cm³/mol. The van der Waals surface area contributed by atoms with Crippen LogP contribution < -0.4 is 5.32 Å². The van der Waals surface area contributed by atoms with E-state index in [0.717, 1.165) is 6.42 Å². The SMILES string of the molecule is CCOC(=O)[C@H](C)[C@H](C)NC(=O)c1noc([C@@H]2CCCN2C(=O)OC(C)(C)C)n1. The van der Waals surface area contributed by atoms with Gasteiger partial charge in [0.2, 0.25) is 5.89 Å². The van der Waals surface area contributed by atoms with E-state index in [1.165, 1.54) is 4.90 Å². The third-order valence-corrected chi connectivity index (χ3v) is 4.58. The third kappa shape index (κ3) is 5.91. The van der Waals surface area contributed by atoms with Crippen molar-refractivity contribution in [2.24, 2.45) is 5.92 Å². The van der Waals surface area contributed by atoms with Gasteiger partial charge in [0.05, 0.1) is 12.5 Å². The van der Waals surface area contributed by atoms with E-state index in [9.17, 15) is 14.4 Å². The summed E-state index contributed by atoms with van der Waals surface area (Å²) in [4.78, 5) is 42.3. The summed E-state index contributed by atoms with van der Waals surface area (Å²) < 4.78 is 15.6. The van der Waals surface area contributed by atoms with Crippen molar-refractivity contribution in [3.8, 4) is 0 Å². The predicted octanol–water partition coefficient (Wildman–Crippen LogP) is 2.46. The van der Waals surface area contributed by atoms with Crippen LogP contribution in [-0.4, -0.2) is 57.8 Å². The molecule has 1 fully saturated rings. The number of ether oxygens (including phenoxy) is 2. The number of esters is 1. The second-order valence-corrected chi connectivity index (χ2v) is 8.09. The zero-order valence-electron chi connectivity index (χ0n) is 17.9. The molecule has 1 aliphatic heterocycles. The van der Waals surface area contributed by atoms with Gasteiger partial charge in [-0.15, -0.1) is 0 Å². The summed E-state index contributed by atoms with van der Waals surface area (Å²) in [5, 5.41) is 6.40. The Morgan fingerprint density at radius 2 is 2.00 bits per heavy atom. The first-order valence-corrected chi connectivity index (χ1v) is 9.84. The van der Waals surface area contributed by atoms with Crippen molar-refractivity contribution in [1.82, 2.24) is 20.4 Å². The van der Waals surface area contributed by atoms with Crippen molar-refractivity contribution >= 4 is 18.0 Å². The maximum Gasteiger partial charge on any atom is 0.410 e. The van der Waals surface area contributed by atoms with Gasteiger partial charge in [-0.1, -0.05) is 5.16 Å². The number of likely N-dealkylation sites (tertiary alicyclic amines) is 1. The van der Waals surface area contributed by atoms with Crippen LogP contribution in [0.4, 0.5) is 4.79 Å². The van der Waals surface area contributed by atoms with Crippen LogP contribution in [-0.2, 0) is 14.3 Å². The second kappa shape index (κ2) is 9.23. The van der Waals surface area contributed by atoms with E-state index in [-0.39, 0.29) is 18.3 Å². The Labute approximate surface area is 170 Å². The number of carbonyl (C=O) groups is 3. The maximum atomic E-state index is 12.4. The number of amides is 2. The number of nitrogens with zero attached hydrogens (tertiary/aromatic N) is 3. The van der Waals surface area contributed by atoms with E-state index in [2.05, 4.69) is 15.5 Å². The largest absolute Gasteiger partial charge is 0.466 e. The summed E-state index contributed by atoms with van der Waals surface area (Å²) in [6.07, 6.45) is 0.946. The highest BCUT2D eigenvalue weighted by Gasteiger charge is 2.37. The van der Waals surface area contributed by atoms with Crippen LogP contribution in [0.25, 0.3) is 0 Å². The summed E-state index contributed by atoms with van der Waals surface area (Å²) in [6.45, 7) is 11.3. The molecule has 0 bridgehead atoms. The molecule has 1 aromatic heterocycles. The Bertz CT molecular complexity index is 741. The smallest absolute Gasteiger partial charge is 0.410 e. The van der Waals surface area contributed by atoms with Crippen LogP contribution in [0.15, 0.2) is 4.52 Å². The molecular weight excluding hydrogens is 380 g/mol. The highest BCUT2D eigenvalue weighted by atomic mass is 16.6. The summed E-state index contributed by atoms with van der Waals surface area (Å²) >= 11 is 0. The lowest BCUT2D eigenvalue weighted by Gasteiger charge is -2.26. The second-order valence-electron chi connectivity index (χ2n) is 8.09. The quantitative estimate of drug-likeness (QED) is 0.709. The number of hydrogen-bond donors (Lipinski definition) is 1. The number of carbonyl (C=O) groups excluding carboxylic acids is 3. The lowest BCUT2D eigenvalue weighted by atomic mass is 10.0. The van der Waals surface area contributed by atoms with Gasteiger partial charge in [0.25, 0.3) is 11.7 Å². The highest BCUT2D eigenvalue weighted by molar-refractivity contribution is 5.90. The Hall–Kier alpha value is -2.65. The van der Waals surface area contributed by atoms with Crippen molar-refractivity contribution in [2.45, 2.75) is 72.1 Å². The zero-order valence-corrected chi connectivity index (χ0v) is 17.9. The average molecular weight is 410 g/mol. The van der Waals surface area contributed by atoms with E-state index in [0.29, 0.717) is 13.0 Å². The maximum absolute atomic E-state index is 12.4. The lowest BCUT2D eigenvalue weighted by Crippen LogP contribution is -2.41. The van der Waals surface area contributed by atoms with Crippen LogP contribution in [0.1, 0.15) is 76.9 Å². The highest BCUT2D eigenvalue weighted by Crippen LogP contribution is 2.32. The molecule has 0 radical (unpaired) electrons. The molecule has 0 aromatic carbocycles. The Kier molecular flexibility index (Phi) is 7.21. The number of hydrogen-bond acceptors (Lipinski definition) is 8. The van der Waals surface area contributed by atoms with Crippen molar-refractivity contribution in [1.29, 1.82) is 0 Å². The number of nitrogens with one attached hydrogen (secondary N) is 1. The first kappa shape index (κ1) is 22.6. The van der Waals surface area contributed by atoms with Crippen LogP contribution in [0, 0.1) is 5.92 Å². The fourth-order valence-electron chi connectivity index (χ4n) is 2.90. The minimum absolute atomic E-state index is 0.154. The van der Waals surface area contributed by atoms with E-state index < -0.39 is 41.6 Å². The standard InChI is InChI=1S/C19H30N4O6/c1-7-27-17(25)11(2)12(3)20-15(24)14-21-16(29-22-14)13-9-8-10-23(13)18(26)28-19(4,5)6/h11-13H,7-10H2,1-6H3,(H,20,24)/t11-,12+,13+/m1/s1. The van der Waals surface area contributed by atoms with E-state index >= 15 is 0 Å². The van der Waals surface area contributed by atoms with E-state index in [1.807, 2.05) is 0 Å². The Balaban J connectivity index is 2.03. The molecule has 29 heavy (non-hydrogen) atoms. The molecule has 1 saturated heterocycles. The van der Waals surface area contributed by atoms with Gasteiger partial charge in [0, 0.05) is 12.6 Å². The average Bonchev–Trinajstić information content (AvgIpc) is 3.28. The van der Waals surface area contributed by atoms with Gasteiger partial charge < -0.3 is 19.3 Å². The summed E-state index contributed by atoms with van der Waals surface area (Å²) in [5.74, 6) is -1.45. The molecule has 1 aromatic rings. The van der Waals surface area contributed by atoms with Gasteiger partial charge >= 0.3 is 12.1 Å². The monoisotopic (exact) mass is 410 g/mol. The Morgan fingerprint density at radius 1 is 1.31 bits per heavy atom. The van der Waals surface area contributed by atoms with Crippen molar-refractivity contribution < 1.29 is 28.4 Å². The Morgan fingerprint density at radius 3 is 2.62 bits per heavy atom. The normalized spacial score (nSPS) is 18.8. The van der Waals surface area contributed by atoms with E-state index in [1.54, 1.807) is 41.5 Å². The summed E-state index contributed by atoms with van der Waals surface area (Å²) in [7, 11) is 0. The van der Waals surface area contributed by atoms with Crippen LogP contribution in [0.3, 0.4) is 0 Å². The van der Waals surface area contributed by atoms with Gasteiger partial charge in [-0.25, -0.2) is 4.79 Å². The molecule has 1 aliphatic rings. The zero-order chi connectivity index (χ0) is 21.8. The molecule has 3 atom stereocenters. The van der Waals surface area contributed by atoms with Gasteiger partial charge in [0.1, 0.15) is 11.6 Å². The molecule has 162 valence electrons. The molecular formula is C19H30N4O6. The van der Waals surface area contributed by atoms with Crippen LogP contribution in [0.5, 0.6) is 0 Å². The molecule has 10 heteroatoms. The minimum Gasteiger partial charge on any atom is -0.466 e. The topological polar surface area (TPSA) is 124 Å². The molecule has 0 aliphatic carbocycles. The van der Waals surface area contributed by atoms with Crippen molar-refractivity contribution in [3.05, 3.63) is 11.7 Å². The molecule has 2 heterocycles. The van der Waals surface area contributed by atoms with Gasteiger partial charge in [-0.05, 0) is 54.4 Å². The van der Waals surface area contributed by atoms with Gasteiger partial charge in [0.15, 0.2) is 0 Å². The first-order chi connectivity index (χ1) is 13.5. The molecule has 1 N–H and O–H groups in total. The number of rotatable bonds is 6. The van der Waals surface area contributed by atoms with Gasteiger partial charge in [-0.3, -0.25) is 14.5 Å². The third-order valence-electron chi connectivity index (χ3n) is 4.58. The lowest BCUT2D eigenvalue weighted by molar-refractivity contribution is -0.148. The van der Waals surface area contributed by atoms with Crippen LogP contribution >= 0.6 is 0 Å². The molecule has 0 spiro atoms. The fraction of sp³-hybridized carbons (Fsp3) is 0.737. The summed E-state index contributed by atoms with van der Waals surface area (Å²) in [5.41, 5.74) is -0.615. The fourth-order valence-corrected chi connectivity index (χ4v) is 2.90. The van der Waals surface area contributed by atoms with E-state index in [4.69, 9.17) is 14.0 Å². The molecule has 0 saturated carbocycles. The van der Waals surface area contributed by atoms with Crippen LogP contribution in [0.2, 0.25) is 0 Å². The van der Waals surface area contributed by atoms with Crippen molar-refractivity contribution in [3.63, 3.8) is 0 Å². The molecule has 2 amide bonds.